The van der Waals surface area contributed by atoms with E-state index in [-0.39, 0.29) is 43.3 Å². The van der Waals surface area contributed by atoms with Gasteiger partial charge in [-0.1, -0.05) is 30.7 Å². The van der Waals surface area contributed by atoms with Gasteiger partial charge in [0.2, 0.25) is 5.91 Å². The molecule has 3 amide bonds. The highest BCUT2D eigenvalue weighted by molar-refractivity contribution is 6.71. The topological polar surface area (TPSA) is 145 Å². The maximum absolute atomic E-state index is 14.7. The fourth-order valence-corrected chi connectivity index (χ4v) is 10.5. The molecule has 248 valence electrons. The molecule has 3 aromatic carbocycles. The summed E-state index contributed by atoms with van der Waals surface area (Å²) in [7, 11) is -2.97. The average molecular weight is 677 g/mol. The normalized spacial score (nSPS) is 25.4. The molecule has 3 aliphatic heterocycles. The van der Waals surface area contributed by atoms with Crippen LogP contribution in [-0.2, 0) is 26.5 Å². The molecule has 1 spiro atoms. The van der Waals surface area contributed by atoms with E-state index in [1.54, 1.807) is 58.3 Å². The quantitative estimate of drug-likeness (QED) is 0.196. The zero-order valence-corrected chi connectivity index (χ0v) is 28.5. The fraction of sp³-hybridized carbons (Fsp3) is 0.400. The van der Waals surface area contributed by atoms with E-state index in [4.69, 9.17) is 22.1 Å². The summed E-state index contributed by atoms with van der Waals surface area (Å²) in [6.45, 7) is 6.27. The highest BCUT2D eigenvalue weighted by Crippen LogP contribution is 2.60. The molecule has 5 N–H and O–H groups in total. The van der Waals surface area contributed by atoms with Gasteiger partial charge in [0.1, 0.15) is 0 Å². The number of nitrogens with two attached hydrogens (primary N) is 1. The van der Waals surface area contributed by atoms with Crippen LogP contribution in [0.4, 0.5) is 17.1 Å². The molecule has 0 bridgehead atoms. The third-order valence-electron chi connectivity index (χ3n) is 9.96. The predicted octanol–water partition coefficient (Wildman–Crippen LogP) is 4.89. The van der Waals surface area contributed by atoms with Crippen molar-refractivity contribution in [1.29, 1.82) is 0 Å². The maximum atomic E-state index is 14.7. The second-order valence-electron chi connectivity index (χ2n) is 13.5. The smallest absolute Gasteiger partial charge is 0.264 e. The number of nitrogen functional groups attached to an aromatic ring is 1. The van der Waals surface area contributed by atoms with Crippen LogP contribution >= 0.6 is 11.6 Å². The Bertz CT molecular complexity index is 1680. The number of nitrogens with zero attached hydrogens (tertiary/aromatic N) is 2. The molecule has 6 rings (SSSR count). The van der Waals surface area contributed by atoms with Gasteiger partial charge >= 0.3 is 0 Å². The summed E-state index contributed by atoms with van der Waals surface area (Å²) in [5.74, 6) is -1.12. The second-order valence-corrected chi connectivity index (χ2v) is 17.9. The summed E-state index contributed by atoms with van der Waals surface area (Å²) in [6.07, 6.45) is 0.884. The Balaban J connectivity index is 1.27. The van der Waals surface area contributed by atoms with E-state index in [0.717, 1.165) is 18.4 Å². The molecule has 5 atom stereocenters. The molecule has 3 aromatic rings. The van der Waals surface area contributed by atoms with Crippen molar-refractivity contribution in [3.63, 3.8) is 0 Å². The first-order valence-electron chi connectivity index (χ1n) is 16.0. The number of halogens is 1. The van der Waals surface area contributed by atoms with Crippen LogP contribution in [0.15, 0.2) is 66.7 Å². The lowest BCUT2D eigenvalue weighted by Gasteiger charge is -2.32. The number of likely N-dealkylation sites (tertiary alicyclic amines) is 1. The summed E-state index contributed by atoms with van der Waals surface area (Å²) in [5, 5.41) is 13.2. The van der Waals surface area contributed by atoms with Gasteiger partial charge < -0.3 is 35.5 Å². The summed E-state index contributed by atoms with van der Waals surface area (Å²) in [6, 6.07) is 19.0. The number of carbonyl (C=O) groups is 3. The van der Waals surface area contributed by atoms with Gasteiger partial charge in [-0.25, -0.2) is 0 Å². The molecule has 0 aromatic heterocycles. The molecule has 12 heteroatoms. The molecule has 3 heterocycles. The first kappa shape index (κ1) is 33.2. The van der Waals surface area contributed by atoms with Crippen molar-refractivity contribution in [3.05, 3.63) is 88.4 Å². The van der Waals surface area contributed by atoms with Crippen molar-refractivity contribution >= 4 is 54.7 Å². The number of rotatable bonds is 8. The Labute approximate surface area is 280 Å². The third kappa shape index (κ3) is 6.07. The van der Waals surface area contributed by atoms with Gasteiger partial charge in [-0.3, -0.25) is 14.4 Å². The number of carbonyl (C=O) groups excluding carboxylic acids is 3. The van der Waals surface area contributed by atoms with Crippen LogP contribution in [0.3, 0.4) is 0 Å². The van der Waals surface area contributed by atoms with Crippen molar-refractivity contribution < 1.29 is 29.0 Å². The van der Waals surface area contributed by atoms with Crippen molar-refractivity contribution in [2.24, 2.45) is 5.92 Å². The number of nitrogens with one attached hydrogen (secondary N) is 1. The number of amides is 3. The van der Waals surface area contributed by atoms with E-state index in [1.807, 2.05) is 38.2 Å². The number of hydrogen-bond donors (Lipinski definition) is 4. The molecule has 0 aliphatic carbocycles. The van der Waals surface area contributed by atoms with E-state index >= 15 is 0 Å². The van der Waals surface area contributed by atoms with E-state index in [1.165, 1.54) is 0 Å². The van der Waals surface area contributed by atoms with Crippen LogP contribution in [0.1, 0.15) is 47.7 Å². The molecule has 0 radical (unpaired) electrons. The largest absolute Gasteiger partial charge is 0.432 e. The Morgan fingerprint density at radius 1 is 1.11 bits per heavy atom. The van der Waals surface area contributed by atoms with Gasteiger partial charge in [-0.15, -0.1) is 0 Å². The van der Waals surface area contributed by atoms with Crippen molar-refractivity contribution in [1.82, 2.24) is 4.90 Å². The monoisotopic (exact) mass is 676 g/mol. The van der Waals surface area contributed by atoms with Crippen LogP contribution < -0.4 is 16.0 Å². The minimum absolute atomic E-state index is 0.0109. The Morgan fingerprint density at radius 2 is 1.81 bits per heavy atom. The van der Waals surface area contributed by atoms with Gasteiger partial charge in [-0.05, 0) is 86.1 Å². The fourth-order valence-electron chi connectivity index (χ4n) is 7.76. The number of fused-ring (bicyclic) bond motifs is 2. The maximum Gasteiger partial charge on any atom is 0.264 e. The van der Waals surface area contributed by atoms with Gasteiger partial charge in [0.25, 0.3) is 11.8 Å². The van der Waals surface area contributed by atoms with Gasteiger partial charge in [0, 0.05) is 45.5 Å². The highest BCUT2D eigenvalue weighted by Gasteiger charge is 2.66. The van der Waals surface area contributed by atoms with E-state index in [2.05, 4.69) is 5.32 Å². The number of aliphatic hydroxyl groups is 1. The Hall–Kier alpha value is -3.74. The van der Waals surface area contributed by atoms with E-state index < -0.39 is 31.5 Å². The number of hydrogen-bond acceptors (Lipinski definition) is 7. The summed E-state index contributed by atoms with van der Waals surface area (Å²) in [5.41, 5.74) is 7.67. The summed E-state index contributed by atoms with van der Waals surface area (Å²) >= 11 is 6.51. The number of aliphatic hydroxyl groups excluding tert-OH is 1. The van der Waals surface area contributed by atoms with Gasteiger partial charge in [0.15, 0.2) is 13.9 Å². The zero-order valence-electron chi connectivity index (χ0n) is 26.8. The second kappa shape index (κ2) is 12.7. The lowest BCUT2D eigenvalue weighted by atomic mass is 9.82. The molecule has 10 nitrogen and oxygen atoms in total. The van der Waals surface area contributed by atoms with Crippen LogP contribution in [-0.4, -0.2) is 66.1 Å². The zero-order chi connectivity index (χ0) is 33.7. The van der Waals surface area contributed by atoms with Gasteiger partial charge in [0.05, 0.1) is 37.4 Å². The van der Waals surface area contributed by atoms with Crippen LogP contribution in [0.2, 0.25) is 23.7 Å². The number of anilines is 3. The molecule has 47 heavy (non-hydrogen) atoms. The standard InChI is InChI=1S/C35H41ClN4O6Si/c1-21-32(47(2,3)45)30(18-31(42)39-16-4-5-27(39)20-41)46-35(21)28-17-24(36)10-15-29(28)40(34(35)44)19-22-6-13-26(14-7-22)38-33(43)23-8-11-25(37)12-9-23/h6-15,17,21,27,30,32,41,45H,4-5,16,18-20,37H2,1-3H3,(H,38,43)/t21-,27-,30+,32-,35+/m0/s1. The average Bonchev–Trinajstić information content (AvgIpc) is 3.69. The Kier molecular flexibility index (Phi) is 8.96. The third-order valence-corrected chi connectivity index (χ3v) is 12.7. The lowest BCUT2D eigenvalue weighted by Crippen LogP contribution is -2.46. The molecular weight excluding hydrogens is 636 g/mol. The molecule has 0 saturated carbocycles. The predicted molar refractivity (Wildman–Crippen MR) is 183 cm³/mol. The molecule has 2 fully saturated rings. The van der Waals surface area contributed by atoms with E-state index in [0.29, 0.717) is 39.8 Å². The molecular formula is C35H41ClN4O6Si. The molecule has 0 unspecified atom stereocenters. The molecule has 2 saturated heterocycles. The minimum Gasteiger partial charge on any atom is -0.432 e. The van der Waals surface area contributed by atoms with Crippen molar-refractivity contribution in [2.75, 3.05) is 29.1 Å². The summed E-state index contributed by atoms with van der Waals surface area (Å²) < 4.78 is 6.79. The SMILES string of the molecule is C[C@H]1[C@H]([Si](C)(C)O)[C@@H](CC(=O)N2CCC[C@H]2CO)O[C@]12C(=O)N(Cc1ccc(NC(=O)c3ccc(N)cc3)cc1)c1ccc(Cl)cc12. The van der Waals surface area contributed by atoms with Crippen LogP contribution in [0.5, 0.6) is 0 Å². The first-order chi connectivity index (χ1) is 22.3. The highest BCUT2D eigenvalue weighted by atomic mass is 35.5. The van der Waals surface area contributed by atoms with Crippen LogP contribution in [0, 0.1) is 5.92 Å². The summed E-state index contributed by atoms with van der Waals surface area (Å²) in [4.78, 5) is 55.8. The number of benzene rings is 3. The van der Waals surface area contributed by atoms with Crippen molar-refractivity contribution in [3.8, 4) is 0 Å². The van der Waals surface area contributed by atoms with Gasteiger partial charge in [-0.2, -0.15) is 0 Å². The number of ether oxygens (including phenoxy) is 1. The van der Waals surface area contributed by atoms with Crippen molar-refractivity contribution in [2.45, 2.75) is 69.1 Å². The Morgan fingerprint density at radius 3 is 2.47 bits per heavy atom. The van der Waals surface area contributed by atoms with E-state index in [9.17, 15) is 24.3 Å². The lowest BCUT2D eigenvalue weighted by molar-refractivity contribution is -0.150. The van der Waals surface area contributed by atoms with Crippen LogP contribution in [0.25, 0.3) is 0 Å². The minimum atomic E-state index is -2.97. The molecule has 3 aliphatic rings. The first-order valence-corrected chi connectivity index (χ1v) is 19.4.